The molecule has 102 valence electrons. The van der Waals surface area contributed by atoms with Crippen molar-refractivity contribution in [3.8, 4) is 0 Å². The minimum absolute atomic E-state index is 0.0412. The zero-order chi connectivity index (χ0) is 14.4. The maximum Gasteiger partial charge on any atom is 0.132 e. The number of fused-ring (bicyclic) bond motifs is 1. The van der Waals surface area contributed by atoms with Crippen LogP contribution in [0, 0.1) is 5.82 Å². The molecule has 0 N–H and O–H groups in total. The van der Waals surface area contributed by atoms with Crippen molar-refractivity contribution in [3.63, 3.8) is 0 Å². The van der Waals surface area contributed by atoms with Crippen molar-refractivity contribution >= 4 is 10.9 Å². The lowest BCUT2D eigenvalue weighted by Gasteiger charge is -2.26. The zero-order valence-corrected chi connectivity index (χ0v) is 12.6. The molecule has 19 heavy (non-hydrogen) atoms. The molecule has 1 nitrogen and oxygen atoms in total. The fourth-order valence-electron chi connectivity index (χ4n) is 2.22. The number of rotatable bonds is 0. The van der Waals surface area contributed by atoms with Crippen LogP contribution in [0.4, 0.5) is 4.39 Å². The van der Waals surface area contributed by atoms with Gasteiger partial charge in [-0.25, -0.2) is 4.39 Å². The lowest BCUT2D eigenvalue weighted by atomic mass is 9.81. The van der Waals surface area contributed by atoms with Crippen LogP contribution >= 0.6 is 0 Å². The zero-order valence-electron chi connectivity index (χ0n) is 12.6. The lowest BCUT2D eigenvalue weighted by molar-refractivity contribution is 0.554. The van der Waals surface area contributed by atoms with Crippen molar-refractivity contribution in [2.24, 2.45) is 0 Å². The monoisotopic (exact) mass is 259 g/mol. The molecule has 1 aromatic carbocycles. The van der Waals surface area contributed by atoms with E-state index in [1.165, 1.54) is 6.07 Å². The highest BCUT2D eigenvalue weighted by molar-refractivity contribution is 5.84. The summed E-state index contributed by atoms with van der Waals surface area (Å²) in [5, 5.41) is 0.656. The van der Waals surface area contributed by atoms with Crippen molar-refractivity contribution < 1.29 is 4.39 Å². The van der Waals surface area contributed by atoms with Gasteiger partial charge in [-0.15, -0.1) is 0 Å². The molecular weight excluding hydrogens is 237 g/mol. The average molecular weight is 259 g/mol. The number of benzene rings is 1. The van der Waals surface area contributed by atoms with E-state index in [4.69, 9.17) is 0 Å². The summed E-state index contributed by atoms with van der Waals surface area (Å²) >= 11 is 0. The summed E-state index contributed by atoms with van der Waals surface area (Å²) < 4.78 is 14.2. The van der Waals surface area contributed by atoms with E-state index in [1.807, 2.05) is 6.07 Å². The summed E-state index contributed by atoms with van der Waals surface area (Å²) in [7, 11) is 0. The molecule has 1 heterocycles. The molecule has 0 spiro atoms. The molecule has 0 amide bonds. The van der Waals surface area contributed by atoms with Crippen molar-refractivity contribution in [2.75, 3.05) is 0 Å². The maximum absolute atomic E-state index is 14.2. The van der Waals surface area contributed by atoms with E-state index < -0.39 is 0 Å². The molecule has 0 aliphatic carbocycles. The molecular formula is C17H22FN. The van der Waals surface area contributed by atoms with Gasteiger partial charge in [0.25, 0.3) is 0 Å². The third-order valence-corrected chi connectivity index (χ3v) is 3.36. The molecule has 0 saturated heterocycles. The number of nitrogens with zero attached hydrogens (tertiary/aromatic N) is 1. The molecule has 0 saturated carbocycles. The lowest BCUT2D eigenvalue weighted by Crippen LogP contribution is -2.19. The van der Waals surface area contributed by atoms with E-state index in [9.17, 15) is 4.39 Å². The summed E-state index contributed by atoms with van der Waals surface area (Å²) in [5.41, 5.74) is 2.64. The van der Waals surface area contributed by atoms with Gasteiger partial charge in [0, 0.05) is 16.5 Å². The van der Waals surface area contributed by atoms with Gasteiger partial charge in [-0.1, -0.05) is 47.6 Å². The summed E-state index contributed by atoms with van der Waals surface area (Å²) in [6.45, 7) is 12.7. The van der Waals surface area contributed by atoms with E-state index in [2.05, 4.69) is 52.6 Å². The van der Waals surface area contributed by atoms with Crippen molar-refractivity contribution in [1.29, 1.82) is 0 Å². The second-order valence-corrected chi connectivity index (χ2v) is 7.19. The predicted octanol–water partition coefficient (Wildman–Crippen LogP) is 4.97. The SMILES string of the molecule is CC(C)(C)c1cc(C(C)(C)C)c2c(F)cccc2n1. The Morgan fingerprint density at radius 2 is 1.58 bits per heavy atom. The molecule has 0 fully saturated rings. The van der Waals surface area contributed by atoms with Gasteiger partial charge in [-0.05, 0) is 29.2 Å². The number of halogens is 1. The highest BCUT2D eigenvalue weighted by Crippen LogP contribution is 2.34. The third kappa shape index (κ3) is 2.63. The molecule has 0 radical (unpaired) electrons. The summed E-state index contributed by atoms with van der Waals surface area (Å²) in [6.07, 6.45) is 0. The van der Waals surface area contributed by atoms with Gasteiger partial charge in [0.1, 0.15) is 5.82 Å². The van der Waals surface area contributed by atoms with Gasteiger partial charge in [0.05, 0.1) is 5.52 Å². The Morgan fingerprint density at radius 3 is 2.11 bits per heavy atom. The van der Waals surface area contributed by atoms with Gasteiger partial charge >= 0.3 is 0 Å². The molecule has 0 aliphatic heterocycles. The Hall–Kier alpha value is -1.44. The molecule has 2 heteroatoms. The standard InChI is InChI=1S/C17H22FN/c1-16(2,3)11-10-14(17(4,5)6)19-13-9-7-8-12(18)15(11)13/h7-10H,1-6H3. The van der Waals surface area contributed by atoms with Crippen molar-refractivity contribution in [1.82, 2.24) is 4.98 Å². The van der Waals surface area contributed by atoms with Gasteiger partial charge in [-0.2, -0.15) is 0 Å². The van der Waals surface area contributed by atoms with Gasteiger partial charge in [0.15, 0.2) is 0 Å². The van der Waals surface area contributed by atoms with Crippen LogP contribution in [0.5, 0.6) is 0 Å². The van der Waals surface area contributed by atoms with Crippen LogP contribution in [-0.4, -0.2) is 4.98 Å². The highest BCUT2D eigenvalue weighted by atomic mass is 19.1. The number of hydrogen-bond acceptors (Lipinski definition) is 1. The number of pyridine rings is 1. The van der Waals surface area contributed by atoms with Crippen LogP contribution in [0.25, 0.3) is 10.9 Å². The van der Waals surface area contributed by atoms with Crippen LogP contribution in [0.3, 0.4) is 0 Å². The van der Waals surface area contributed by atoms with Crippen LogP contribution in [-0.2, 0) is 10.8 Å². The van der Waals surface area contributed by atoms with Crippen LogP contribution < -0.4 is 0 Å². The van der Waals surface area contributed by atoms with E-state index in [1.54, 1.807) is 6.07 Å². The minimum Gasteiger partial charge on any atom is -0.252 e. The van der Waals surface area contributed by atoms with Gasteiger partial charge < -0.3 is 0 Å². The Kier molecular flexibility index (Phi) is 3.16. The van der Waals surface area contributed by atoms with Crippen molar-refractivity contribution in [3.05, 3.63) is 41.3 Å². The summed E-state index contributed by atoms with van der Waals surface area (Å²) in [4.78, 5) is 4.64. The van der Waals surface area contributed by atoms with Crippen molar-refractivity contribution in [2.45, 2.75) is 52.4 Å². The Morgan fingerprint density at radius 1 is 0.947 bits per heavy atom. The maximum atomic E-state index is 14.2. The number of hydrogen-bond donors (Lipinski definition) is 0. The van der Waals surface area contributed by atoms with E-state index in [0.717, 1.165) is 16.8 Å². The minimum atomic E-state index is -0.185. The summed E-state index contributed by atoms with van der Waals surface area (Å²) in [6, 6.07) is 7.19. The average Bonchev–Trinajstić information content (AvgIpc) is 2.25. The third-order valence-electron chi connectivity index (χ3n) is 3.36. The molecule has 0 bridgehead atoms. The van der Waals surface area contributed by atoms with Gasteiger partial charge in [0.2, 0.25) is 0 Å². The van der Waals surface area contributed by atoms with E-state index in [0.29, 0.717) is 5.39 Å². The second-order valence-electron chi connectivity index (χ2n) is 7.19. The second kappa shape index (κ2) is 4.29. The molecule has 0 unspecified atom stereocenters. The van der Waals surface area contributed by atoms with E-state index in [-0.39, 0.29) is 16.6 Å². The van der Waals surface area contributed by atoms with Crippen LogP contribution in [0.2, 0.25) is 0 Å². The highest BCUT2D eigenvalue weighted by Gasteiger charge is 2.24. The molecule has 2 rings (SSSR count). The first kappa shape index (κ1) is 14.0. The smallest absolute Gasteiger partial charge is 0.132 e. The van der Waals surface area contributed by atoms with Crippen LogP contribution in [0.1, 0.15) is 52.8 Å². The van der Waals surface area contributed by atoms with Gasteiger partial charge in [-0.3, -0.25) is 4.98 Å². The normalized spacial score (nSPS) is 13.0. The quantitative estimate of drug-likeness (QED) is 0.651. The first-order valence-electron chi connectivity index (χ1n) is 6.71. The first-order chi connectivity index (χ1) is 8.60. The number of aromatic nitrogens is 1. The molecule has 1 aromatic heterocycles. The van der Waals surface area contributed by atoms with E-state index >= 15 is 0 Å². The molecule has 0 aliphatic rings. The molecule has 0 atom stereocenters. The molecule has 2 aromatic rings. The Labute approximate surface area is 114 Å². The summed E-state index contributed by atoms with van der Waals surface area (Å²) in [5.74, 6) is -0.185. The van der Waals surface area contributed by atoms with Crippen LogP contribution in [0.15, 0.2) is 24.3 Å². The Bertz CT molecular complexity index is 615. The predicted molar refractivity (Wildman–Crippen MR) is 79.1 cm³/mol. The Balaban J connectivity index is 2.89. The topological polar surface area (TPSA) is 12.9 Å². The fourth-order valence-corrected chi connectivity index (χ4v) is 2.22. The largest absolute Gasteiger partial charge is 0.252 e. The first-order valence-corrected chi connectivity index (χ1v) is 6.71. The fraction of sp³-hybridized carbons (Fsp3) is 0.471.